The molecule has 2 aliphatic carbocycles. The number of pyridine rings is 1. The fraction of sp³-hybridized carbons (Fsp3) is 0.393. The largest absolute Gasteiger partial charge is 0.213 e. The van der Waals surface area contributed by atoms with Gasteiger partial charge in [0.05, 0.1) is 5.56 Å². The molecule has 0 aliphatic heterocycles. The summed E-state index contributed by atoms with van der Waals surface area (Å²) in [7, 11) is 2.23. The van der Waals surface area contributed by atoms with E-state index < -0.39 is 0 Å². The van der Waals surface area contributed by atoms with E-state index in [9.17, 15) is 0 Å². The zero-order valence-corrected chi connectivity index (χ0v) is 18.9. The Morgan fingerprint density at radius 2 is 1.52 bits per heavy atom. The van der Waals surface area contributed by atoms with Gasteiger partial charge in [0.2, 0.25) is 5.69 Å². The highest BCUT2D eigenvalue weighted by Crippen LogP contribution is 2.50. The summed E-state index contributed by atoms with van der Waals surface area (Å²) in [5.41, 5.74) is 14.9. The molecule has 0 amide bonds. The number of aromatic nitrogens is 1. The third kappa shape index (κ3) is 2.56. The van der Waals surface area contributed by atoms with Crippen LogP contribution in [-0.4, -0.2) is 0 Å². The Bertz CT molecular complexity index is 1180. The van der Waals surface area contributed by atoms with E-state index in [-0.39, 0.29) is 10.8 Å². The molecule has 0 N–H and O–H groups in total. The van der Waals surface area contributed by atoms with E-state index in [0.29, 0.717) is 0 Å². The van der Waals surface area contributed by atoms with Crippen LogP contribution in [0.4, 0.5) is 0 Å². The first-order chi connectivity index (χ1) is 13.6. The molecule has 0 fully saturated rings. The molecule has 0 atom stereocenters. The number of nitrogens with zero attached hydrogens (tertiary/aromatic N) is 1. The van der Waals surface area contributed by atoms with Crippen LogP contribution < -0.4 is 4.57 Å². The first kappa shape index (κ1) is 18.6. The highest BCUT2D eigenvalue weighted by Gasteiger charge is 2.44. The summed E-state index contributed by atoms with van der Waals surface area (Å²) >= 11 is 0. The number of benzene rings is 2. The lowest BCUT2D eigenvalue weighted by molar-refractivity contribution is -0.661. The monoisotopic (exact) mass is 382 g/mol. The molecule has 0 radical (unpaired) electrons. The van der Waals surface area contributed by atoms with Gasteiger partial charge in [0.1, 0.15) is 7.05 Å². The molecule has 0 saturated carbocycles. The van der Waals surface area contributed by atoms with Crippen LogP contribution in [0.3, 0.4) is 0 Å². The van der Waals surface area contributed by atoms with E-state index in [1.165, 1.54) is 62.2 Å². The maximum Gasteiger partial charge on any atom is 0.213 e. The van der Waals surface area contributed by atoms with Crippen molar-refractivity contribution in [2.75, 3.05) is 0 Å². The van der Waals surface area contributed by atoms with Gasteiger partial charge in [0.15, 0.2) is 6.20 Å². The molecule has 148 valence electrons. The lowest BCUT2D eigenvalue weighted by Gasteiger charge is -2.22. The molecule has 1 heteroatoms. The second-order valence-corrected chi connectivity index (χ2v) is 10.6. The average Bonchev–Trinajstić information content (AvgIpc) is 3.08. The lowest BCUT2D eigenvalue weighted by atomic mass is 9.82. The van der Waals surface area contributed by atoms with E-state index in [4.69, 9.17) is 0 Å². The Kier molecular flexibility index (Phi) is 3.73. The van der Waals surface area contributed by atoms with Gasteiger partial charge in [-0.1, -0.05) is 58.0 Å². The van der Waals surface area contributed by atoms with Gasteiger partial charge in [-0.25, -0.2) is 4.57 Å². The maximum absolute atomic E-state index is 2.50. The minimum absolute atomic E-state index is 0.216. The Morgan fingerprint density at radius 1 is 0.828 bits per heavy atom. The molecule has 0 saturated heterocycles. The lowest BCUT2D eigenvalue weighted by Crippen LogP contribution is -2.33. The van der Waals surface area contributed by atoms with E-state index in [1.54, 1.807) is 0 Å². The minimum atomic E-state index is 0.216. The van der Waals surface area contributed by atoms with Crippen molar-refractivity contribution in [3.63, 3.8) is 0 Å². The average molecular weight is 383 g/mol. The number of aryl methyl sites for hydroxylation is 3. The summed E-state index contributed by atoms with van der Waals surface area (Å²) in [6.07, 6.45) is 4.65. The molecule has 1 nitrogen and oxygen atoms in total. The van der Waals surface area contributed by atoms with Crippen molar-refractivity contribution in [2.45, 2.75) is 65.2 Å². The Labute approximate surface area is 175 Å². The zero-order chi connectivity index (χ0) is 20.7. The van der Waals surface area contributed by atoms with Crippen molar-refractivity contribution in [3.8, 4) is 22.4 Å². The Morgan fingerprint density at radius 3 is 2.28 bits per heavy atom. The molecule has 0 spiro atoms. The fourth-order valence-corrected chi connectivity index (χ4v) is 6.28. The zero-order valence-electron chi connectivity index (χ0n) is 18.9. The quantitative estimate of drug-likeness (QED) is 0.339. The molecule has 29 heavy (non-hydrogen) atoms. The summed E-state index contributed by atoms with van der Waals surface area (Å²) in [6.45, 7) is 14.1. The second kappa shape index (κ2) is 5.81. The van der Waals surface area contributed by atoms with Crippen LogP contribution in [0.25, 0.3) is 22.4 Å². The van der Waals surface area contributed by atoms with Gasteiger partial charge >= 0.3 is 0 Å². The molecule has 3 aromatic rings. The summed E-state index contributed by atoms with van der Waals surface area (Å²) in [5.74, 6) is 0. The van der Waals surface area contributed by atoms with Gasteiger partial charge in [0.25, 0.3) is 0 Å². The third-order valence-corrected chi connectivity index (χ3v) is 7.39. The molecular weight excluding hydrogens is 350 g/mol. The molecule has 1 heterocycles. The third-order valence-electron chi connectivity index (χ3n) is 7.39. The molecule has 2 aliphatic rings. The van der Waals surface area contributed by atoms with Crippen LogP contribution in [0.5, 0.6) is 0 Å². The standard InChI is InChI=1S/C28H32N/c1-17-9-8-10-19-13-21-20(25(17)19)12-11-18(2)26(21)24-14-22-23(15-29(24)7)28(5,6)16-27(22,3)4/h8-12,14-15H,13,16H2,1-7H3/q+1. The second-order valence-electron chi connectivity index (χ2n) is 10.6. The van der Waals surface area contributed by atoms with Crippen LogP contribution in [0.2, 0.25) is 0 Å². The Balaban J connectivity index is 1.78. The topological polar surface area (TPSA) is 3.88 Å². The van der Waals surface area contributed by atoms with E-state index in [1.807, 2.05) is 0 Å². The smallest absolute Gasteiger partial charge is 0.201 e. The van der Waals surface area contributed by atoms with E-state index >= 15 is 0 Å². The number of hydrogen-bond acceptors (Lipinski definition) is 0. The van der Waals surface area contributed by atoms with Crippen LogP contribution >= 0.6 is 0 Å². The molecular formula is C28H32N+. The first-order valence-corrected chi connectivity index (χ1v) is 10.9. The predicted octanol–water partition coefficient (Wildman–Crippen LogP) is 6.33. The van der Waals surface area contributed by atoms with E-state index in [0.717, 1.165) is 6.42 Å². The highest BCUT2D eigenvalue weighted by molar-refractivity contribution is 5.86. The van der Waals surface area contributed by atoms with Gasteiger partial charge in [-0.15, -0.1) is 0 Å². The molecule has 2 aromatic carbocycles. The summed E-state index contributed by atoms with van der Waals surface area (Å²) in [4.78, 5) is 0. The van der Waals surface area contributed by atoms with Crippen molar-refractivity contribution in [1.29, 1.82) is 0 Å². The van der Waals surface area contributed by atoms with E-state index in [2.05, 4.69) is 95.8 Å². The van der Waals surface area contributed by atoms with Crippen molar-refractivity contribution in [3.05, 3.63) is 76.0 Å². The molecule has 0 unspecified atom stereocenters. The number of hydrogen-bond donors (Lipinski definition) is 0. The van der Waals surface area contributed by atoms with Crippen molar-refractivity contribution in [1.82, 2.24) is 0 Å². The summed E-state index contributed by atoms with van der Waals surface area (Å²) in [5, 5.41) is 0. The number of rotatable bonds is 1. The SMILES string of the molecule is Cc1cccc2c1-c1ccc(C)c(-c3cc4c(c[n+]3C)C(C)(C)CC4(C)C)c1C2. The molecule has 1 aromatic heterocycles. The maximum atomic E-state index is 2.50. The molecule has 5 rings (SSSR count). The van der Waals surface area contributed by atoms with Crippen LogP contribution in [0.15, 0.2) is 42.6 Å². The van der Waals surface area contributed by atoms with Crippen molar-refractivity contribution in [2.24, 2.45) is 7.05 Å². The van der Waals surface area contributed by atoms with Crippen molar-refractivity contribution < 1.29 is 4.57 Å². The van der Waals surface area contributed by atoms with Crippen molar-refractivity contribution >= 4 is 0 Å². The van der Waals surface area contributed by atoms with Gasteiger partial charge in [-0.2, -0.15) is 0 Å². The normalized spacial score (nSPS) is 17.8. The summed E-state index contributed by atoms with van der Waals surface area (Å²) in [6, 6.07) is 13.9. The number of fused-ring (bicyclic) bond motifs is 4. The molecule has 0 bridgehead atoms. The van der Waals surface area contributed by atoms with Crippen LogP contribution in [0, 0.1) is 13.8 Å². The summed E-state index contributed by atoms with van der Waals surface area (Å²) < 4.78 is 2.38. The van der Waals surface area contributed by atoms with Crippen LogP contribution in [-0.2, 0) is 24.3 Å². The Hall–Kier alpha value is -2.41. The minimum Gasteiger partial charge on any atom is -0.201 e. The fourth-order valence-electron chi connectivity index (χ4n) is 6.28. The first-order valence-electron chi connectivity index (χ1n) is 10.9. The highest BCUT2D eigenvalue weighted by atomic mass is 14.9. The van der Waals surface area contributed by atoms with Gasteiger partial charge in [-0.05, 0) is 76.5 Å². The van der Waals surface area contributed by atoms with Gasteiger partial charge in [0, 0.05) is 11.6 Å². The van der Waals surface area contributed by atoms with Gasteiger partial charge < -0.3 is 0 Å². The van der Waals surface area contributed by atoms with Crippen LogP contribution in [0.1, 0.15) is 67.5 Å². The van der Waals surface area contributed by atoms with Gasteiger partial charge in [-0.3, -0.25) is 0 Å². The predicted molar refractivity (Wildman–Crippen MR) is 121 cm³/mol.